The van der Waals surface area contributed by atoms with Crippen LogP contribution in [-0.4, -0.2) is 18.5 Å². The van der Waals surface area contributed by atoms with Gasteiger partial charge in [-0.15, -0.1) is 0 Å². The van der Waals surface area contributed by atoms with Crippen molar-refractivity contribution in [2.75, 3.05) is 11.4 Å². The first-order chi connectivity index (χ1) is 9.20. The fourth-order valence-corrected chi connectivity index (χ4v) is 3.48. The molecule has 1 saturated carbocycles. The van der Waals surface area contributed by atoms with Crippen molar-refractivity contribution in [2.45, 2.75) is 38.1 Å². The number of aryl methyl sites for hydroxylation is 1. The molecule has 1 fully saturated rings. The second-order valence-corrected chi connectivity index (χ2v) is 5.53. The van der Waals surface area contributed by atoms with Crippen LogP contribution in [-0.2, 0) is 11.2 Å². The van der Waals surface area contributed by atoms with E-state index >= 15 is 0 Å². The van der Waals surface area contributed by atoms with Gasteiger partial charge in [0.25, 0.3) is 0 Å². The van der Waals surface area contributed by atoms with Crippen LogP contribution in [0.2, 0.25) is 0 Å². The summed E-state index contributed by atoms with van der Waals surface area (Å²) >= 11 is 0. The molecule has 0 saturated heterocycles. The highest BCUT2D eigenvalue weighted by Gasteiger charge is 2.37. The monoisotopic (exact) mass is 262 g/mol. The topological polar surface area (TPSA) is 46.3 Å². The summed E-state index contributed by atoms with van der Waals surface area (Å²) in [6.07, 6.45) is 4.32. The van der Waals surface area contributed by atoms with Crippen molar-refractivity contribution in [3.63, 3.8) is 0 Å². The minimum Gasteiger partial charge on any atom is -0.330 e. The molecule has 19 heavy (non-hydrogen) atoms. The Morgan fingerprint density at radius 1 is 1.32 bits per heavy atom. The average molecular weight is 262 g/mol. The molecule has 2 N–H and O–H groups in total. The third kappa shape index (κ3) is 2.14. The fourth-order valence-electron chi connectivity index (χ4n) is 3.48. The molecular formula is C15H19FN2O. The third-order valence-electron chi connectivity index (χ3n) is 4.43. The van der Waals surface area contributed by atoms with E-state index in [0.717, 1.165) is 30.5 Å². The Labute approximate surface area is 112 Å². The number of nitrogens with zero attached hydrogens (tertiary/aromatic N) is 1. The molecule has 102 valence electrons. The number of benzene rings is 1. The molecular weight excluding hydrogens is 243 g/mol. The van der Waals surface area contributed by atoms with Gasteiger partial charge in [0.15, 0.2) is 0 Å². The number of halogens is 1. The van der Waals surface area contributed by atoms with Gasteiger partial charge in [0.05, 0.1) is 0 Å². The molecule has 1 aliphatic carbocycles. The van der Waals surface area contributed by atoms with E-state index in [-0.39, 0.29) is 17.8 Å². The molecule has 1 heterocycles. The largest absolute Gasteiger partial charge is 0.330 e. The van der Waals surface area contributed by atoms with E-state index in [1.165, 1.54) is 6.07 Å². The van der Waals surface area contributed by atoms with Crippen LogP contribution >= 0.6 is 0 Å². The summed E-state index contributed by atoms with van der Waals surface area (Å²) in [7, 11) is 0. The van der Waals surface area contributed by atoms with Crippen molar-refractivity contribution in [3.05, 3.63) is 29.6 Å². The molecule has 1 amide bonds. The van der Waals surface area contributed by atoms with E-state index in [1.807, 2.05) is 4.90 Å². The highest BCUT2D eigenvalue weighted by molar-refractivity contribution is 5.97. The number of carbonyl (C=O) groups is 1. The predicted octanol–water partition coefficient (Wildman–Crippen LogP) is 2.23. The Hall–Kier alpha value is -1.42. The summed E-state index contributed by atoms with van der Waals surface area (Å²) in [5.74, 6) is 0.305. The molecule has 0 bridgehead atoms. The van der Waals surface area contributed by atoms with E-state index in [9.17, 15) is 9.18 Å². The van der Waals surface area contributed by atoms with Crippen molar-refractivity contribution in [1.82, 2.24) is 0 Å². The molecule has 1 aromatic carbocycles. The van der Waals surface area contributed by atoms with Crippen LogP contribution in [0.15, 0.2) is 18.2 Å². The zero-order chi connectivity index (χ0) is 13.4. The van der Waals surface area contributed by atoms with Crippen molar-refractivity contribution in [3.8, 4) is 0 Å². The minimum atomic E-state index is -0.227. The first-order valence-electron chi connectivity index (χ1n) is 7.01. The van der Waals surface area contributed by atoms with Crippen molar-refractivity contribution < 1.29 is 9.18 Å². The quantitative estimate of drug-likeness (QED) is 0.888. The second-order valence-electron chi connectivity index (χ2n) is 5.53. The molecule has 3 rings (SSSR count). The molecule has 1 aromatic rings. The normalized spacial score (nSPS) is 26.6. The van der Waals surface area contributed by atoms with Gasteiger partial charge >= 0.3 is 0 Å². The van der Waals surface area contributed by atoms with E-state index in [4.69, 9.17) is 5.73 Å². The van der Waals surface area contributed by atoms with Gasteiger partial charge in [-0.2, -0.15) is 0 Å². The maximum atomic E-state index is 13.3. The standard InChI is InChI=1S/C15H19FN2O/c16-12-5-6-14-10(8-12)4-7-15(19)18(14)13-3-1-2-11(13)9-17/h5-6,8,11,13H,1-4,7,9,17H2. The molecule has 2 atom stereocenters. The lowest BCUT2D eigenvalue weighted by atomic mass is 9.95. The summed E-state index contributed by atoms with van der Waals surface area (Å²) in [6.45, 7) is 0.616. The van der Waals surface area contributed by atoms with Gasteiger partial charge in [0.1, 0.15) is 5.82 Å². The van der Waals surface area contributed by atoms with Crippen LogP contribution in [0, 0.1) is 11.7 Å². The van der Waals surface area contributed by atoms with E-state index < -0.39 is 0 Å². The van der Waals surface area contributed by atoms with Crippen LogP contribution in [0.5, 0.6) is 0 Å². The van der Waals surface area contributed by atoms with Gasteiger partial charge in [-0.25, -0.2) is 4.39 Å². The zero-order valence-electron chi connectivity index (χ0n) is 10.9. The highest BCUT2D eigenvalue weighted by Crippen LogP contribution is 2.37. The van der Waals surface area contributed by atoms with Gasteiger partial charge in [-0.1, -0.05) is 6.42 Å². The van der Waals surface area contributed by atoms with Crippen LogP contribution in [0.25, 0.3) is 0 Å². The third-order valence-corrected chi connectivity index (χ3v) is 4.43. The first-order valence-corrected chi connectivity index (χ1v) is 7.01. The first kappa shape index (κ1) is 12.6. The van der Waals surface area contributed by atoms with Gasteiger partial charge < -0.3 is 10.6 Å². The molecule has 2 aliphatic rings. The average Bonchev–Trinajstić information content (AvgIpc) is 2.87. The fraction of sp³-hybridized carbons (Fsp3) is 0.533. The zero-order valence-corrected chi connectivity index (χ0v) is 10.9. The number of rotatable bonds is 2. The Morgan fingerprint density at radius 3 is 2.95 bits per heavy atom. The SMILES string of the molecule is NCC1CCCC1N1C(=O)CCc2cc(F)ccc21. The lowest BCUT2D eigenvalue weighted by Gasteiger charge is -2.37. The predicted molar refractivity (Wildman–Crippen MR) is 72.4 cm³/mol. The summed E-state index contributed by atoms with van der Waals surface area (Å²) in [5, 5.41) is 0. The summed E-state index contributed by atoms with van der Waals surface area (Å²) in [5.41, 5.74) is 7.66. The Bertz CT molecular complexity index is 503. The number of anilines is 1. The molecule has 0 radical (unpaired) electrons. The minimum absolute atomic E-state index is 0.157. The van der Waals surface area contributed by atoms with E-state index in [1.54, 1.807) is 12.1 Å². The van der Waals surface area contributed by atoms with Gasteiger partial charge in [0, 0.05) is 18.2 Å². The van der Waals surface area contributed by atoms with Crippen molar-refractivity contribution in [1.29, 1.82) is 0 Å². The Balaban J connectivity index is 1.99. The van der Waals surface area contributed by atoms with Crippen LogP contribution < -0.4 is 10.6 Å². The maximum Gasteiger partial charge on any atom is 0.227 e. The lowest BCUT2D eigenvalue weighted by molar-refractivity contribution is -0.119. The van der Waals surface area contributed by atoms with E-state index in [2.05, 4.69) is 0 Å². The highest BCUT2D eigenvalue weighted by atomic mass is 19.1. The maximum absolute atomic E-state index is 13.3. The van der Waals surface area contributed by atoms with Gasteiger partial charge in [-0.3, -0.25) is 4.79 Å². The van der Waals surface area contributed by atoms with Crippen LogP contribution in [0.1, 0.15) is 31.2 Å². The van der Waals surface area contributed by atoms with E-state index in [0.29, 0.717) is 25.3 Å². The van der Waals surface area contributed by atoms with Crippen molar-refractivity contribution >= 4 is 11.6 Å². The molecule has 0 aromatic heterocycles. The Morgan fingerprint density at radius 2 is 2.16 bits per heavy atom. The Kier molecular flexibility index (Phi) is 3.27. The summed E-state index contributed by atoms with van der Waals surface area (Å²) in [6, 6.07) is 4.94. The molecule has 4 heteroatoms. The number of hydrogen-bond donors (Lipinski definition) is 1. The number of hydrogen-bond acceptors (Lipinski definition) is 2. The number of nitrogens with two attached hydrogens (primary N) is 1. The molecule has 3 nitrogen and oxygen atoms in total. The van der Waals surface area contributed by atoms with Crippen LogP contribution in [0.4, 0.5) is 10.1 Å². The van der Waals surface area contributed by atoms with Gasteiger partial charge in [-0.05, 0) is 55.5 Å². The molecule has 0 spiro atoms. The van der Waals surface area contributed by atoms with Crippen LogP contribution in [0.3, 0.4) is 0 Å². The summed E-state index contributed by atoms with van der Waals surface area (Å²) in [4.78, 5) is 14.2. The number of fused-ring (bicyclic) bond motifs is 1. The smallest absolute Gasteiger partial charge is 0.227 e. The summed E-state index contributed by atoms with van der Waals surface area (Å²) < 4.78 is 13.3. The second kappa shape index (κ2) is 4.93. The number of amides is 1. The van der Waals surface area contributed by atoms with Crippen molar-refractivity contribution in [2.24, 2.45) is 11.7 Å². The van der Waals surface area contributed by atoms with Gasteiger partial charge in [0.2, 0.25) is 5.91 Å². The molecule has 2 unspecified atom stereocenters. The number of carbonyl (C=O) groups excluding carboxylic acids is 1. The lowest BCUT2D eigenvalue weighted by Crippen LogP contribution is -2.46. The molecule has 1 aliphatic heterocycles.